The average Bonchev–Trinajstić information content (AvgIpc) is 2.89. The van der Waals surface area contributed by atoms with Crippen LogP contribution in [0.1, 0.15) is 65.1 Å². The van der Waals surface area contributed by atoms with E-state index in [1.54, 1.807) is 0 Å². The maximum Gasteiger partial charge on any atom is 0.305 e. The molecule has 1 unspecified atom stereocenters. The zero-order valence-corrected chi connectivity index (χ0v) is 21.0. The zero-order valence-electron chi connectivity index (χ0n) is 20.3. The maximum atomic E-state index is 12.5. The van der Waals surface area contributed by atoms with Crippen molar-refractivity contribution in [3.63, 3.8) is 0 Å². The summed E-state index contributed by atoms with van der Waals surface area (Å²) < 4.78 is 0. The second kappa shape index (κ2) is 11.9. The van der Waals surface area contributed by atoms with Crippen molar-refractivity contribution in [2.75, 3.05) is 6.54 Å². The second-order valence-electron chi connectivity index (χ2n) is 9.01. The summed E-state index contributed by atoms with van der Waals surface area (Å²) in [6.45, 7) is 2.30. The molecule has 0 bridgehead atoms. The van der Waals surface area contributed by atoms with E-state index >= 15 is 0 Å². The van der Waals surface area contributed by atoms with Gasteiger partial charge >= 0.3 is 5.97 Å². The fourth-order valence-corrected chi connectivity index (χ4v) is 5.05. The van der Waals surface area contributed by atoms with Gasteiger partial charge in [-0.25, -0.2) is 0 Å². The van der Waals surface area contributed by atoms with Crippen molar-refractivity contribution in [3.05, 3.63) is 118 Å². The Morgan fingerprint density at radius 1 is 0.861 bits per heavy atom. The van der Waals surface area contributed by atoms with Gasteiger partial charge in [0, 0.05) is 23.0 Å². The highest BCUT2D eigenvalue weighted by molar-refractivity contribution is 6.30. The molecule has 0 fully saturated rings. The van der Waals surface area contributed by atoms with Crippen molar-refractivity contribution in [2.24, 2.45) is 0 Å². The van der Waals surface area contributed by atoms with E-state index in [-0.39, 0.29) is 30.7 Å². The smallest absolute Gasteiger partial charge is 0.305 e. The van der Waals surface area contributed by atoms with E-state index in [1.807, 2.05) is 36.4 Å². The summed E-state index contributed by atoms with van der Waals surface area (Å²) in [4.78, 5) is 23.2. The predicted molar refractivity (Wildman–Crippen MR) is 146 cm³/mol. The first-order valence-corrected chi connectivity index (χ1v) is 12.7. The van der Waals surface area contributed by atoms with Gasteiger partial charge in [-0.05, 0) is 64.1 Å². The number of fused-ring (bicyclic) bond motifs is 1. The van der Waals surface area contributed by atoms with E-state index in [9.17, 15) is 9.59 Å². The SMILES string of the molecule is CCC[C@H](c1ccc(C(=O)NCCC(=O)O)cc1)C(c1ccc(Cl)cc1)c1cccc2ccccc12. The van der Waals surface area contributed by atoms with Crippen molar-refractivity contribution in [2.45, 2.75) is 38.0 Å². The van der Waals surface area contributed by atoms with Gasteiger partial charge in [-0.15, -0.1) is 0 Å². The van der Waals surface area contributed by atoms with Gasteiger partial charge in [0.05, 0.1) is 6.42 Å². The molecule has 5 heteroatoms. The minimum absolute atomic E-state index is 0.101. The monoisotopic (exact) mass is 499 g/mol. The lowest BCUT2D eigenvalue weighted by molar-refractivity contribution is -0.136. The molecule has 0 aliphatic rings. The molecule has 0 aliphatic carbocycles. The van der Waals surface area contributed by atoms with Crippen LogP contribution in [-0.4, -0.2) is 23.5 Å². The van der Waals surface area contributed by atoms with Crippen LogP contribution in [0.15, 0.2) is 91.0 Å². The Balaban J connectivity index is 1.74. The Morgan fingerprint density at radius 2 is 1.53 bits per heavy atom. The summed E-state index contributed by atoms with van der Waals surface area (Å²) >= 11 is 6.25. The topological polar surface area (TPSA) is 66.4 Å². The van der Waals surface area contributed by atoms with Crippen LogP contribution in [0.3, 0.4) is 0 Å². The molecule has 36 heavy (non-hydrogen) atoms. The Morgan fingerprint density at radius 3 is 2.22 bits per heavy atom. The first-order valence-electron chi connectivity index (χ1n) is 12.3. The molecular formula is C31H30ClNO3. The first kappa shape index (κ1) is 25.5. The Bertz CT molecular complexity index is 1330. The normalized spacial score (nSPS) is 12.7. The highest BCUT2D eigenvalue weighted by atomic mass is 35.5. The van der Waals surface area contributed by atoms with Crippen LogP contribution < -0.4 is 5.32 Å². The molecule has 0 radical (unpaired) electrons. The number of carbonyl (C=O) groups is 2. The minimum Gasteiger partial charge on any atom is -0.481 e. The molecule has 0 aromatic heterocycles. The molecule has 4 nitrogen and oxygen atoms in total. The summed E-state index contributed by atoms with van der Waals surface area (Å²) in [6, 6.07) is 30.8. The number of aliphatic carboxylic acids is 1. The third kappa shape index (κ3) is 5.95. The molecule has 0 heterocycles. The second-order valence-corrected chi connectivity index (χ2v) is 9.45. The van der Waals surface area contributed by atoms with Gasteiger partial charge in [0.2, 0.25) is 0 Å². The van der Waals surface area contributed by atoms with E-state index in [1.165, 1.54) is 21.9 Å². The van der Waals surface area contributed by atoms with Gasteiger partial charge in [-0.2, -0.15) is 0 Å². The average molecular weight is 500 g/mol. The fourth-order valence-electron chi connectivity index (χ4n) is 4.92. The third-order valence-electron chi connectivity index (χ3n) is 6.62. The van der Waals surface area contributed by atoms with Crippen LogP contribution >= 0.6 is 11.6 Å². The van der Waals surface area contributed by atoms with Crippen LogP contribution in [0.25, 0.3) is 10.8 Å². The summed E-state index contributed by atoms with van der Waals surface area (Å²) in [5, 5.41) is 14.6. The summed E-state index contributed by atoms with van der Waals surface area (Å²) in [6.07, 6.45) is 1.88. The van der Waals surface area contributed by atoms with Gasteiger partial charge in [0.1, 0.15) is 0 Å². The molecule has 0 saturated carbocycles. The van der Waals surface area contributed by atoms with Crippen molar-refractivity contribution in [3.8, 4) is 0 Å². The molecule has 4 aromatic rings. The minimum atomic E-state index is -0.935. The number of hydrogen-bond acceptors (Lipinski definition) is 2. The number of carboxylic acids is 1. The summed E-state index contributed by atoms with van der Waals surface area (Å²) in [7, 11) is 0. The third-order valence-corrected chi connectivity index (χ3v) is 6.87. The molecule has 2 atom stereocenters. The highest BCUT2D eigenvalue weighted by Crippen LogP contribution is 2.44. The Hall–Kier alpha value is -3.63. The van der Waals surface area contributed by atoms with Crippen LogP contribution in [-0.2, 0) is 4.79 Å². The zero-order chi connectivity index (χ0) is 25.5. The predicted octanol–water partition coefficient (Wildman–Crippen LogP) is 7.41. The van der Waals surface area contributed by atoms with Crippen molar-refractivity contribution in [1.29, 1.82) is 0 Å². The Kier molecular flexibility index (Phi) is 8.40. The highest BCUT2D eigenvalue weighted by Gasteiger charge is 2.27. The Labute approximate surface area is 216 Å². The number of amides is 1. The summed E-state index contributed by atoms with van der Waals surface area (Å²) in [5.41, 5.74) is 4.15. The molecule has 0 aliphatic heterocycles. The molecule has 0 spiro atoms. The molecule has 0 saturated heterocycles. The van der Waals surface area contributed by atoms with Gasteiger partial charge in [-0.3, -0.25) is 9.59 Å². The van der Waals surface area contributed by atoms with Crippen LogP contribution in [0.2, 0.25) is 5.02 Å². The van der Waals surface area contributed by atoms with Crippen molar-refractivity contribution >= 4 is 34.2 Å². The molecule has 184 valence electrons. The molecule has 4 rings (SSSR count). The van der Waals surface area contributed by atoms with Gasteiger partial charge in [-0.1, -0.05) is 91.7 Å². The van der Waals surface area contributed by atoms with E-state index < -0.39 is 5.97 Å². The largest absolute Gasteiger partial charge is 0.481 e. The summed E-state index contributed by atoms with van der Waals surface area (Å²) in [5.74, 6) is -0.914. The fraction of sp³-hybridized carbons (Fsp3) is 0.226. The number of benzene rings is 4. The van der Waals surface area contributed by atoms with Gasteiger partial charge in [0.25, 0.3) is 5.91 Å². The number of halogens is 1. The quantitative estimate of drug-likeness (QED) is 0.238. The van der Waals surface area contributed by atoms with Crippen molar-refractivity contribution < 1.29 is 14.7 Å². The number of nitrogens with one attached hydrogen (secondary N) is 1. The van der Waals surface area contributed by atoms with E-state index in [4.69, 9.17) is 16.7 Å². The van der Waals surface area contributed by atoms with E-state index in [2.05, 4.69) is 66.8 Å². The van der Waals surface area contributed by atoms with Crippen LogP contribution in [0.5, 0.6) is 0 Å². The van der Waals surface area contributed by atoms with Crippen molar-refractivity contribution in [1.82, 2.24) is 5.32 Å². The number of rotatable bonds is 10. The standard InChI is InChI=1S/C31H30ClNO3/c1-2-6-27(22-11-13-24(14-12-22)31(36)33-20-19-29(34)35)30(23-15-17-25(32)18-16-23)28-10-5-8-21-7-3-4-9-26(21)28/h3-5,7-18,27,30H,2,6,19-20H2,1H3,(H,33,36)(H,34,35)/t27-,30?/m1/s1. The molecule has 2 N–H and O–H groups in total. The molecule has 1 amide bonds. The van der Waals surface area contributed by atoms with Crippen LogP contribution in [0, 0.1) is 0 Å². The number of hydrogen-bond donors (Lipinski definition) is 2. The lowest BCUT2D eigenvalue weighted by Crippen LogP contribution is -2.26. The lowest BCUT2D eigenvalue weighted by atomic mass is 9.74. The van der Waals surface area contributed by atoms with Gasteiger partial charge in [0.15, 0.2) is 0 Å². The van der Waals surface area contributed by atoms with E-state index in [0.29, 0.717) is 10.6 Å². The number of carbonyl (C=O) groups excluding carboxylic acids is 1. The van der Waals surface area contributed by atoms with E-state index in [0.717, 1.165) is 18.4 Å². The molecule has 4 aromatic carbocycles. The maximum absolute atomic E-state index is 12.5. The molecular weight excluding hydrogens is 470 g/mol. The van der Waals surface area contributed by atoms with Gasteiger partial charge < -0.3 is 10.4 Å². The number of carboxylic acid groups (broad SMARTS) is 1. The lowest BCUT2D eigenvalue weighted by Gasteiger charge is -2.30. The van der Waals surface area contributed by atoms with Crippen LogP contribution in [0.4, 0.5) is 0 Å². The first-order chi connectivity index (χ1) is 17.5.